The van der Waals surface area contributed by atoms with Crippen molar-refractivity contribution in [2.45, 2.75) is 13.5 Å². The fourth-order valence-electron chi connectivity index (χ4n) is 2.64. The van der Waals surface area contributed by atoms with Gasteiger partial charge in [0.05, 0.1) is 17.4 Å². The van der Waals surface area contributed by atoms with E-state index in [1.807, 2.05) is 19.1 Å². The number of nitrogens with zero attached hydrogens (tertiary/aromatic N) is 3. The summed E-state index contributed by atoms with van der Waals surface area (Å²) < 4.78 is 1.30. The molecule has 0 aliphatic heterocycles. The molecule has 1 amide bonds. The minimum Gasteiger partial charge on any atom is -0.300 e. The molecular weight excluding hydrogens is 404 g/mol. The van der Waals surface area contributed by atoms with Crippen LogP contribution in [0, 0.1) is 6.92 Å². The number of amides is 1. The number of thiophene rings is 1. The number of nitrogens with one attached hydrogen (secondary N) is 1. The summed E-state index contributed by atoms with van der Waals surface area (Å²) in [5, 5.41) is 6.22. The highest BCUT2D eigenvalue weighted by Crippen LogP contribution is 2.31. The second kappa shape index (κ2) is 7.22. The summed E-state index contributed by atoms with van der Waals surface area (Å²) in [7, 11) is 0. The van der Waals surface area contributed by atoms with Crippen molar-refractivity contribution in [2.24, 2.45) is 0 Å². The van der Waals surface area contributed by atoms with E-state index < -0.39 is 0 Å². The fraction of sp³-hybridized carbons (Fsp3) is 0.111. The monoisotopic (exact) mass is 416 g/mol. The Morgan fingerprint density at radius 3 is 2.81 bits per heavy atom. The molecule has 3 heterocycles. The van der Waals surface area contributed by atoms with E-state index in [-0.39, 0.29) is 18.0 Å². The van der Waals surface area contributed by atoms with Gasteiger partial charge in [-0.15, -0.1) is 22.7 Å². The number of hydrogen-bond donors (Lipinski definition) is 1. The van der Waals surface area contributed by atoms with Gasteiger partial charge in [-0.1, -0.05) is 23.7 Å². The SMILES string of the molecule is Cc1sc(NC(=O)Cn2cnc3sccc3c2=O)nc1-c1ccc(Cl)cc1. The van der Waals surface area contributed by atoms with Crippen LogP contribution in [-0.4, -0.2) is 20.4 Å². The predicted octanol–water partition coefficient (Wildman–Crippen LogP) is 4.18. The topological polar surface area (TPSA) is 76.9 Å². The lowest BCUT2D eigenvalue weighted by atomic mass is 10.1. The minimum absolute atomic E-state index is 0.119. The first-order valence-corrected chi connectivity index (χ1v) is 10.0. The van der Waals surface area contributed by atoms with E-state index in [9.17, 15) is 9.59 Å². The van der Waals surface area contributed by atoms with Gasteiger partial charge in [-0.05, 0) is 30.5 Å². The molecule has 0 aliphatic carbocycles. The number of halogens is 1. The maximum absolute atomic E-state index is 12.4. The molecule has 4 rings (SSSR count). The van der Waals surface area contributed by atoms with Crippen molar-refractivity contribution >= 4 is 55.5 Å². The number of carbonyl (C=O) groups excluding carboxylic acids is 1. The second-order valence-electron chi connectivity index (χ2n) is 5.80. The van der Waals surface area contributed by atoms with Crippen LogP contribution in [0.1, 0.15) is 4.88 Å². The Labute approximate surface area is 167 Å². The molecule has 0 saturated carbocycles. The van der Waals surface area contributed by atoms with Gasteiger partial charge >= 0.3 is 0 Å². The number of fused-ring (bicyclic) bond motifs is 1. The highest BCUT2D eigenvalue weighted by Gasteiger charge is 2.14. The summed E-state index contributed by atoms with van der Waals surface area (Å²) in [5.74, 6) is -0.329. The number of hydrogen-bond acceptors (Lipinski definition) is 6. The molecule has 0 saturated heterocycles. The van der Waals surface area contributed by atoms with Gasteiger partial charge in [0, 0.05) is 15.5 Å². The Hall–Kier alpha value is -2.55. The quantitative estimate of drug-likeness (QED) is 0.541. The van der Waals surface area contributed by atoms with Crippen LogP contribution in [0.25, 0.3) is 21.5 Å². The first-order valence-electron chi connectivity index (χ1n) is 7.97. The molecule has 0 atom stereocenters. The number of benzene rings is 1. The number of thiazole rings is 1. The molecule has 4 aromatic rings. The maximum Gasteiger partial charge on any atom is 0.262 e. The van der Waals surface area contributed by atoms with Crippen molar-refractivity contribution in [3.05, 3.63) is 62.3 Å². The third-order valence-electron chi connectivity index (χ3n) is 3.92. The predicted molar refractivity (Wildman–Crippen MR) is 110 cm³/mol. The number of aryl methyl sites for hydroxylation is 1. The largest absolute Gasteiger partial charge is 0.300 e. The van der Waals surface area contributed by atoms with Crippen molar-refractivity contribution in [1.82, 2.24) is 14.5 Å². The zero-order valence-corrected chi connectivity index (χ0v) is 16.5. The molecule has 0 spiro atoms. The van der Waals surface area contributed by atoms with Gasteiger partial charge in [0.15, 0.2) is 5.13 Å². The van der Waals surface area contributed by atoms with Crippen LogP contribution in [0.5, 0.6) is 0 Å². The van der Waals surface area contributed by atoms with Crippen molar-refractivity contribution in [3.8, 4) is 11.3 Å². The van der Waals surface area contributed by atoms with Gasteiger partial charge in [0.1, 0.15) is 11.4 Å². The molecule has 1 N–H and O–H groups in total. The molecular formula is C18H13ClN4O2S2. The van der Waals surface area contributed by atoms with Gasteiger partial charge in [-0.25, -0.2) is 9.97 Å². The molecule has 0 radical (unpaired) electrons. The van der Waals surface area contributed by atoms with Gasteiger partial charge in [0.25, 0.3) is 5.56 Å². The standard InChI is InChI=1S/C18H13ClN4O2S2/c1-10-15(11-2-4-12(19)5-3-11)22-18(27-10)21-14(24)8-23-9-20-16-13(17(23)25)6-7-26-16/h2-7,9H,8H2,1H3,(H,21,22,24). The van der Waals surface area contributed by atoms with Crippen LogP contribution in [0.3, 0.4) is 0 Å². The average Bonchev–Trinajstić information content (AvgIpc) is 3.25. The van der Waals surface area contributed by atoms with Crippen LogP contribution < -0.4 is 10.9 Å². The minimum atomic E-state index is -0.329. The summed E-state index contributed by atoms with van der Waals surface area (Å²) in [6, 6.07) is 9.09. The van der Waals surface area contributed by atoms with E-state index in [2.05, 4.69) is 15.3 Å². The lowest BCUT2D eigenvalue weighted by Crippen LogP contribution is -2.27. The van der Waals surface area contributed by atoms with E-state index in [1.165, 1.54) is 33.6 Å². The van der Waals surface area contributed by atoms with Crippen molar-refractivity contribution in [2.75, 3.05) is 5.32 Å². The molecule has 0 aliphatic rings. The van der Waals surface area contributed by atoms with Crippen LogP contribution in [0.4, 0.5) is 5.13 Å². The van der Waals surface area contributed by atoms with Crippen LogP contribution in [0.15, 0.2) is 46.8 Å². The smallest absolute Gasteiger partial charge is 0.262 e. The summed E-state index contributed by atoms with van der Waals surface area (Å²) >= 11 is 8.70. The first kappa shape index (κ1) is 17.8. The Morgan fingerprint density at radius 2 is 2.04 bits per heavy atom. The van der Waals surface area contributed by atoms with Crippen LogP contribution >= 0.6 is 34.3 Å². The van der Waals surface area contributed by atoms with E-state index >= 15 is 0 Å². The van der Waals surface area contributed by atoms with E-state index in [1.54, 1.807) is 23.6 Å². The van der Waals surface area contributed by atoms with Crippen molar-refractivity contribution < 1.29 is 4.79 Å². The summed E-state index contributed by atoms with van der Waals surface area (Å²) in [5.41, 5.74) is 1.50. The third-order valence-corrected chi connectivity index (χ3v) is 5.88. The molecule has 136 valence electrons. The van der Waals surface area contributed by atoms with E-state index in [0.717, 1.165) is 16.1 Å². The van der Waals surface area contributed by atoms with Gasteiger partial charge < -0.3 is 5.32 Å². The molecule has 9 heteroatoms. The lowest BCUT2D eigenvalue weighted by molar-refractivity contribution is -0.116. The molecule has 1 aromatic carbocycles. The number of aromatic nitrogens is 3. The molecule has 0 unspecified atom stereocenters. The van der Waals surface area contributed by atoms with Gasteiger partial charge in [0.2, 0.25) is 5.91 Å². The Morgan fingerprint density at radius 1 is 1.26 bits per heavy atom. The molecule has 27 heavy (non-hydrogen) atoms. The van der Waals surface area contributed by atoms with E-state index in [4.69, 9.17) is 11.6 Å². The maximum atomic E-state index is 12.4. The Bertz CT molecular complexity index is 1190. The van der Waals surface area contributed by atoms with Crippen LogP contribution in [-0.2, 0) is 11.3 Å². The second-order valence-corrected chi connectivity index (χ2v) is 8.33. The third kappa shape index (κ3) is 3.64. The number of carbonyl (C=O) groups is 1. The Balaban J connectivity index is 1.52. The number of anilines is 1. The summed E-state index contributed by atoms with van der Waals surface area (Å²) in [4.78, 5) is 35.1. The van der Waals surface area contributed by atoms with E-state index in [0.29, 0.717) is 20.4 Å². The lowest BCUT2D eigenvalue weighted by Gasteiger charge is -2.05. The van der Waals surface area contributed by atoms with Crippen molar-refractivity contribution in [3.63, 3.8) is 0 Å². The zero-order valence-electron chi connectivity index (χ0n) is 14.1. The highest BCUT2D eigenvalue weighted by atomic mass is 35.5. The molecule has 6 nitrogen and oxygen atoms in total. The van der Waals surface area contributed by atoms with Gasteiger partial charge in [-0.3, -0.25) is 14.2 Å². The normalized spacial score (nSPS) is 11.0. The summed E-state index contributed by atoms with van der Waals surface area (Å²) in [6.07, 6.45) is 1.40. The average molecular weight is 417 g/mol. The zero-order chi connectivity index (χ0) is 19.0. The fourth-order valence-corrected chi connectivity index (χ4v) is 4.35. The summed E-state index contributed by atoms with van der Waals surface area (Å²) in [6.45, 7) is 1.82. The van der Waals surface area contributed by atoms with Crippen LogP contribution in [0.2, 0.25) is 5.02 Å². The highest BCUT2D eigenvalue weighted by molar-refractivity contribution is 7.16. The van der Waals surface area contributed by atoms with Crippen molar-refractivity contribution in [1.29, 1.82) is 0 Å². The Kier molecular flexibility index (Phi) is 4.77. The molecule has 0 fully saturated rings. The first-order chi connectivity index (χ1) is 13.0. The molecule has 3 aromatic heterocycles. The number of rotatable bonds is 4. The molecule has 0 bridgehead atoms. The van der Waals surface area contributed by atoms with Gasteiger partial charge in [-0.2, -0.15) is 0 Å².